The van der Waals surface area contributed by atoms with Crippen molar-refractivity contribution >= 4 is 11.9 Å². The molecule has 0 spiro atoms. The van der Waals surface area contributed by atoms with Crippen molar-refractivity contribution in [2.75, 3.05) is 6.61 Å². The first-order valence-electron chi connectivity index (χ1n) is 15.5. The van der Waals surface area contributed by atoms with E-state index in [1.807, 2.05) is 13.8 Å². The van der Waals surface area contributed by atoms with Crippen LogP contribution in [-0.4, -0.2) is 30.8 Å². The predicted molar refractivity (Wildman–Crippen MR) is 148 cm³/mol. The maximum Gasteiger partial charge on any atom is 0.305 e. The van der Waals surface area contributed by atoms with Crippen molar-refractivity contribution in [3.8, 4) is 0 Å². The minimum absolute atomic E-state index is 0.0593. The van der Waals surface area contributed by atoms with Crippen LogP contribution in [0.15, 0.2) is 23.0 Å². The molecule has 3 saturated carbocycles. The molecule has 4 aliphatic carbocycles. The molecule has 5 nitrogen and oxygen atoms in total. The summed E-state index contributed by atoms with van der Waals surface area (Å²) in [6, 6.07) is 0. The highest BCUT2D eigenvalue weighted by Crippen LogP contribution is 2.69. The molecule has 0 radical (unpaired) electrons. The minimum atomic E-state index is -0.111. The number of hydrogen-bond donors (Lipinski definition) is 0. The quantitative estimate of drug-likeness (QED) is 0.241. The lowest BCUT2D eigenvalue weighted by Gasteiger charge is -2.58. The van der Waals surface area contributed by atoms with E-state index in [9.17, 15) is 9.59 Å². The van der Waals surface area contributed by atoms with Gasteiger partial charge in [0.05, 0.1) is 12.4 Å². The van der Waals surface area contributed by atoms with Crippen LogP contribution in [-0.2, 0) is 23.8 Å². The number of allylic oxidation sites excluding steroid dienone is 2. The van der Waals surface area contributed by atoms with Gasteiger partial charge in [-0.2, -0.15) is 0 Å². The van der Waals surface area contributed by atoms with Crippen LogP contribution >= 0.6 is 0 Å². The van der Waals surface area contributed by atoms with Gasteiger partial charge >= 0.3 is 11.9 Å². The highest BCUT2D eigenvalue weighted by Gasteiger charge is 2.63. The van der Waals surface area contributed by atoms with E-state index in [0.717, 1.165) is 43.9 Å². The zero-order valence-electron chi connectivity index (χ0n) is 24.6. The third kappa shape index (κ3) is 4.74. The van der Waals surface area contributed by atoms with Crippen molar-refractivity contribution in [2.24, 2.45) is 40.4 Å². The largest absolute Gasteiger partial charge is 0.494 e. The van der Waals surface area contributed by atoms with E-state index < -0.39 is 0 Å². The third-order valence-electron chi connectivity index (χ3n) is 11.5. The van der Waals surface area contributed by atoms with Crippen LogP contribution in [0.4, 0.5) is 0 Å². The topological polar surface area (TPSA) is 61.8 Å². The predicted octanol–water partition coefficient (Wildman–Crippen LogP) is 7.54. The molecule has 0 N–H and O–H groups in total. The van der Waals surface area contributed by atoms with Crippen LogP contribution < -0.4 is 0 Å². The van der Waals surface area contributed by atoms with Crippen LogP contribution in [0.25, 0.3) is 0 Å². The van der Waals surface area contributed by atoms with Crippen molar-refractivity contribution in [1.82, 2.24) is 0 Å². The van der Waals surface area contributed by atoms with Crippen LogP contribution in [0.3, 0.4) is 0 Å². The molecule has 5 aliphatic rings. The number of esters is 2. The van der Waals surface area contributed by atoms with Gasteiger partial charge in [0.15, 0.2) is 0 Å². The molecule has 3 fully saturated rings. The van der Waals surface area contributed by atoms with E-state index in [0.29, 0.717) is 48.7 Å². The van der Waals surface area contributed by atoms with Gasteiger partial charge in [-0.15, -0.1) is 0 Å². The number of carbonyl (C=O) groups is 2. The van der Waals surface area contributed by atoms with Crippen molar-refractivity contribution in [2.45, 2.75) is 124 Å². The summed E-state index contributed by atoms with van der Waals surface area (Å²) in [6.07, 6.45) is 13.8. The summed E-state index contributed by atoms with van der Waals surface area (Å²) in [4.78, 5) is 23.4. The van der Waals surface area contributed by atoms with E-state index >= 15 is 0 Å². The molecular formula is C33H50O5. The average Bonchev–Trinajstić information content (AvgIpc) is 3.38. The first kappa shape index (κ1) is 27.8. The van der Waals surface area contributed by atoms with E-state index in [1.165, 1.54) is 37.0 Å². The Morgan fingerprint density at radius 3 is 2.61 bits per heavy atom. The lowest BCUT2D eigenvalue weighted by molar-refractivity contribution is -0.151. The molecule has 0 amide bonds. The molecule has 0 aromatic carbocycles. The number of carbonyl (C=O) groups excluding carboxylic acids is 2. The van der Waals surface area contributed by atoms with Gasteiger partial charge in [0.25, 0.3) is 0 Å². The number of hydrogen-bond acceptors (Lipinski definition) is 5. The monoisotopic (exact) mass is 526 g/mol. The summed E-state index contributed by atoms with van der Waals surface area (Å²) >= 11 is 0. The summed E-state index contributed by atoms with van der Waals surface area (Å²) in [7, 11) is 0. The first-order valence-corrected chi connectivity index (χ1v) is 15.5. The smallest absolute Gasteiger partial charge is 0.305 e. The van der Waals surface area contributed by atoms with Gasteiger partial charge in [0.2, 0.25) is 0 Å². The van der Waals surface area contributed by atoms with Crippen molar-refractivity contribution in [3.05, 3.63) is 23.0 Å². The van der Waals surface area contributed by atoms with Gasteiger partial charge in [0, 0.05) is 31.6 Å². The maximum atomic E-state index is 11.9. The third-order valence-corrected chi connectivity index (χ3v) is 11.5. The van der Waals surface area contributed by atoms with E-state index in [1.54, 1.807) is 5.57 Å². The molecule has 0 unspecified atom stereocenters. The fourth-order valence-electron chi connectivity index (χ4n) is 9.38. The Hall–Kier alpha value is -1.78. The normalized spacial score (nSPS) is 40.2. The fourth-order valence-corrected chi connectivity index (χ4v) is 9.38. The van der Waals surface area contributed by atoms with E-state index in [2.05, 4.69) is 33.8 Å². The summed E-state index contributed by atoms with van der Waals surface area (Å²) in [5, 5.41) is 0. The van der Waals surface area contributed by atoms with Gasteiger partial charge in [-0.25, -0.2) is 0 Å². The van der Waals surface area contributed by atoms with Crippen molar-refractivity contribution in [1.29, 1.82) is 0 Å². The standard InChI is InChI=1S/C33H50O5/c1-7-29(34)36-19-20(3)9-12-27-21(4)31-28(38-27)18-26-24-11-10-22-17-23(37-30(35)8-2)13-15-32(22,5)25(24)14-16-33(26,31)6/h10,20,23-26,28,31H,7-9,11-19H2,1-6H3/t20-,23+,24+,25-,26+,28+,31-,32+,33+/m1/s1. The number of fused-ring (bicyclic) bond motifs is 7. The molecule has 0 aromatic heterocycles. The molecule has 1 heterocycles. The molecular weight excluding hydrogens is 476 g/mol. The van der Waals surface area contributed by atoms with Crippen LogP contribution in [0.5, 0.6) is 0 Å². The van der Waals surface area contributed by atoms with Gasteiger partial charge < -0.3 is 14.2 Å². The maximum absolute atomic E-state index is 11.9. The Kier molecular flexibility index (Phi) is 7.79. The fraction of sp³-hybridized carbons (Fsp3) is 0.818. The number of rotatable bonds is 8. The van der Waals surface area contributed by atoms with Gasteiger partial charge in [-0.3, -0.25) is 9.59 Å². The number of ether oxygens (including phenoxy) is 3. The Morgan fingerprint density at radius 1 is 1.11 bits per heavy atom. The molecule has 1 aliphatic heterocycles. The van der Waals surface area contributed by atoms with E-state index in [4.69, 9.17) is 14.2 Å². The summed E-state index contributed by atoms with van der Waals surface area (Å²) in [5.41, 5.74) is 3.63. The Balaban J connectivity index is 1.26. The lowest BCUT2D eigenvalue weighted by Crippen LogP contribution is -2.50. The highest BCUT2D eigenvalue weighted by molar-refractivity contribution is 5.69. The molecule has 38 heavy (non-hydrogen) atoms. The van der Waals surface area contributed by atoms with Gasteiger partial charge in [0.1, 0.15) is 12.2 Å². The zero-order valence-corrected chi connectivity index (χ0v) is 24.6. The molecule has 9 atom stereocenters. The second kappa shape index (κ2) is 10.7. The van der Waals surface area contributed by atoms with Gasteiger partial charge in [-0.05, 0) is 91.9 Å². The summed E-state index contributed by atoms with van der Waals surface area (Å²) < 4.78 is 17.9. The van der Waals surface area contributed by atoms with Crippen LogP contribution in [0.2, 0.25) is 0 Å². The molecule has 212 valence electrons. The Morgan fingerprint density at radius 2 is 1.87 bits per heavy atom. The summed E-state index contributed by atoms with van der Waals surface area (Å²) in [5.74, 6) is 4.11. The van der Waals surface area contributed by atoms with Gasteiger partial charge in [-0.1, -0.05) is 46.3 Å². The summed E-state index contributed by atoms with van der Waals surface area (Å²) in [6.45, 7) is 13.8. The highest BCUT2D eigenvalue weighted by atomic mass is 16.5. The molecule has 0 bridgehead atoms. The lowest BCUT2D eigenvalue weighted by atomic mass is 9.47. The average molecular weight is 527 g/mol. The van der Waals surface area contributed by atoms with Crippen LogP contribution in [0.1, 0.15) is 112 Å². The second-order valence-corrected chi connectivity index (χ2v) is 13.7. The molecule has 5 heteroatoms. The SMILES string of the molecule is CCC(=O)OC[C@H](C)CCC1=C(C)[C@@H]2[C@H](C[C@H]3[C@H]4CC=C5C[C@@H](OC(=O)CC)CC[C@]5(C)[C@@H]4CC[C@]23C)O1. The van der Waals surface area contributed by atoms with Crippen molar-refractivity contribution in [3.63, 3.8) is 0 Å². The molecule has 5 rings (SSSR count). The first-order chi connectivity index (χ1) is 18.1. The zero-order chi connectivity index (χ0) is 27.2. The Bertz CT molecular complexity index is 995. The Labute approximate surface area is 230 Å². The second-order valence-electron chi connectivity index (χ2n) is 13.7. The van der Waals surface area contributed by atoms with Crippen molar-refractivity contribution < 1.29 is 23.8 Å². The minimum Gasteiger partial charge on any atom is -0.494 e. The van der Waals surface area contributed by atoms with Crippen LogP contribution in [0, 0.1) is 40.4 Å². The van der Waals surface area contributed by atoms with E-state index in [-0.39, 0.29) is 23.5 Å². The molecule has 0 saturated heterocycles. The molecule has 0 aromatic rings.